The average Bonchev–Trinajstić information content (AvgIpc) is 2.27. The number of ether oxygens (including phenoxy) is 2. The number of carbonyl (C=O) groups is 2. The zero-order chi connectivity index (χ0) is 13.0. The molecule has 0 aliphatic heterocycles. The molecule has 1 atom stereocenters. The van der Waals surface area contributed by atoms with E-state index in [1.807, 2.05) is 0 Å². The molecule has 0 radical (unpaired) electrons. The van der Waals surface area contributed by atoms with Crippen LogP contribution in [0.4, 0.5) is 5.69 Å². The molecule has 3 N–H and O–H groups in total. The number of carboxylic acid groups (broad SMARTS) is 1. The molecule has 1 aromatic carbocycles. The van der Waals surface area contributed by atoms with Crippen LogP contribution in [0.5, 0.6) is 5.75 Å². The van der Waals surface area contributed by atoms with Gasteiger partial charge in [0.2, 0.25) is 0 Å². The third-order valence-corrected chi connectivity index (χ3v) is 2.03. The van der Waals surface area contributed by atoms with E-state index in [0.717, 1.165) is 0 Å². The molecule has 1 aromatic rings. The van der Waals surface area contributed by atoms with Crippen LogP contribution in [0.25, 0.3) is 0 Å². The number of carbonyl (C=O) groups excluding carboxylic acids is 1. The smallest absolute Gasteiger partial charge is 0.344 e. The lowest BCUT2D eigenvalue weighted by Gasteiger charge is -2.10. The summed E-state index contributed by atoms with van der Waals surface area (Å²) in [5, 5.41) is 8.61. The van der Waals surface area contributed by atoms with E-state index in [1.165, 1.54) is 32.2 Å². The van der Waals surface area contributed by atoms with Crippen molar-refractivity contribution < 1.29 is 24.2 Å². The van der Waals surface area contributed by atoms with Crippen molar-refractivity contribution in [1.82, 2.24) is 0 Å². The number of rotatable bonds is 4. The second-order valence-corrected chi connectivity index (χ2v) is 3.38. The lowest BCUT2D eigenvalue weighted by Crippen LogP contribution is -2.23. The maximum absolute atomic E-state index is 11.6. The Morgan fingerprint density at radius 2 is 2.00 bits per heavy atom. The Labute approximate surface area is 97.9 Å². The fraction of sp³-hybridized carbons (Fsp3) is 0.273. The predicted octanol–water partition coefficient (Wildman–Crippen LogP) is 0.907. The molecular formula is C11H13NO5. The van der Waals surface area contributed by atoms with Crippen molar-refractivity contribution in [1.29, 1.82) is 0 Å². The Kier molecular flexibility index (Phi) is 3.92. The van der Waals surface area contributed by atoms with E-state index in [2.05, 4.69) is 0 Å². The molecule has 0 heterocycles. The van der Waals surface area contributed by atoms with Gasteiger partial charge >= 0.3 is 11.9 Å². The summed E-state index contributed by atoms with van der Waals surface area (Å²) >= 11 is 0. The van der Waals surface area contributed by atoms with Gasteiger partial charge in [0.15, 0.2) is 6.10 Å². The van der Waals surface area contributed by atoms with Crippen LogP contribution in [0.15, 0.2) is 18.2 Å². The molecule has 6 heteroatoms. The summed E-state index contributed by atoms with van der Waals surface area (Å²) in [6.07, 6.45) is -1.21. The number of esters is 1. The molecule has 0 amide bonds. The molecule has 0 aliphatic rings. The van der Waals surface area contributed by atoms with Gasteiger partial charge in [0.1, 0.15) is 5.75 Å². The van der Waals surface area contributed by atoms with Gasteiger partial charge in [-0.2, -0.15) is 0 Å². The quantitative estimate of drug-likeness (QED) is 0.598. The highest BCUT2D eigenvalue weighted by atomic mass is 16.6. The molecule has 0 fully saturated rings. The van der Waals surface area contributed by atoms with Gasteiger partial charge in [0, 0.05) is 11.8 Å². The molecule has 92 valence electrons. The normalized spacial score (nSPS) is 11.6. The van der Waals surface area contributed by atoms with Crippen LogP contribution in [-0.4, -0.2) is 30.3 Å². The van der Waals surface area contributed by atoms with E-state index in [9.17, 15) is 9.59 Å². The van der Waals surface area contributed by atoms with E-state index in [4.69, 9.17) is 20.3 Å². The van der Waals surface area contributed by atoms with E-state index in [1.54, 1.807) is 0 Å². The summed E-state index contributed by atoms with van der Waals surface area (Å²) in [5.74, 6) is -1.57. The standard InChI is InChI=1S/C11H13NO5/c1-6(10(13)14)17-11(15)7-3-8(12)5-9(4-7)16-2/h3-6H,12H2,1-2H3,(H,13,14). The number of methoxy groups -OCH3 is 1. The first-order chi connectivity index (χ1) is 7.93. The number of carboxylic acids is 1. The van der Waals surface area contributed by atoms with Crippen LogP contribution in [-0.2, 0) is 9.53 Å². The minimum absolute atomic E-state index is 0.148. The Morgan fingerprint density at radius 1 is 1.35 bits per heavy atom. The maximum Gasteiger partial charge on any atom is 0.344 e. The van der Waals surface area contributed by atoms with Gasteiger partial charge < -0.3 is 20.3 Å². The zero-order valence-corrected chi connectivity index (χ0v) is 9.47. The molecule has 0 saturated heterocycles. The number of benzene rings is 1. The van der Waals surface area contributed by atoms with Crippen molar-refractivity contribution in [3.05, 3.63) is 23.8 Å². The highest BCUT2D eigenvalue weighted by Gasteiger charge is 2.18. The largest absolute Gasteiger partial charge is 0.497 e. The average molecular weight is 239 g/mol. The molecule has 1 unspecified atom stereocenters. The van der Waals surface area contributed by atoms with Gasteiger partial charge in [0.25, 0.3) is 0 Å². The molecule has 0 aromatic heterocycles. The minimum atomic E-state index is -1.21. The molecular weight excluding hydrogens is 226 g/mol. The molecule has 0 bridgehead atoms. The summed E-state index contributed by atoms with van der Waals surface area (Å²) in [7, 11) is 1.43. The molecule has 0 spiro atoms. The Morgan fingerprint density at radius 3 is 2.53 bits per heavy atom. The van der Waals surface area contributed by atoms with Crippen LogP contribution in [0.2, 0.25) is 0 Å². The van der Waals surface area contributed by atoms with E-state index in [-0.39, 0.29) is 5.56 Å². The second-order valence-electron chi connectivity index (χ2n) is 3.38. The second kappa shape index (κ2) is 5.20. The summed E-state index contributed by atoms with van der Waals surface area (Å²) in [5.41, 5.74) is 6.04. The van der Waals surface area contributed by atoms with Crippen LogP contribution < -0.4 is 10.5 Å². The third-order valence-electron chi connectivity index (χ3n) is 2.03. The molecule has 17 heavy (non-hydrogen) atoms. The predicted molar refractivity (Wildman–Crippen MR) is 59.9 cm³/mol. The SMILES string of the molecule is COc1cc(N)cc(C(=O)OC(C)C(=O)O)c1. The fourth-order valence-corrected chi connectivity index (χ4v) is 1.14. The van der Waals surface area contributed by atoms with Gasteiger partial charge in [-0.15, -0.1) is 0 Å². The fourth-order valence-electron chi connectivity index (χ4n) is 1.14. The van der Waals surface area contributed by atoms with Gasteiger partial charge in [-0.1, -0.05) is 0 Å². The van der Waals surface area contributed by atoms with Crippen LogP contribution in [0.1, 0.15) is 17.3 Å². The first-order valence-electron chi connectivity index (χ1n) is 4.82. The summed E-state index contributed by atoms with van der Waals surface area (Å²) in [6, 6.07) is 4.35. The Balaban J connectivity index is 2.88. The monoisotopic (exact) mass is 239 g/mol. The molecule has 0 aliphatic carbocycles. The first-order valence-corrected chi connectivity index (χ1v) is 4.82. The van der Waals surface area contributed by atoms with Crippen LogP contribution in [0.3, 0.4) is 0 Å². The number of aliphatic carboxylic acids is 1. The van der Waals surface area contributed by atoms with Gasteiger partial charge in [-0.05, 0) is 19.1 Å². The molecule has 6 nitrogen and oxygen atoms in total. The number of hydrogen-bond acceptors (Lipinski definition) is 5. The van der Waals surface area contributed by atoms with Crippen molar-refractivity contribution >= 4 is 17.6 Å². The third kappa shape index (κ3) is 3.37. The van der Waals surface area contributed by atoms with Gasteiger partial charge in [0.05, 0.1) is 12.7 Å². The van der Waals surface area contributed by atoms with E-state index >= 15 is 0 Å². The lowest BCUT2D eigenvalue weighted by atomic mass is 10.2. The van der Waals surface area contributed by atoms with Crippen LogP contribution >= 0.6 is 0 Å². The van der Waals surface area contributed by atoms with E-state index in [0.29, 0.717) is 11.4 Å². The molecule has 1 rings (SSSR count). The number of nitrogens with two attached hydrogens (primary N) is 1. The minimum Gasteiger partial charge on any atom is -0.497 e. The molecule has 0 saturated carbocycles. The van der Waals surface area contributed by atoms with Crippen molar-refractivity contribution in [3.63, 3.8) is 0 Å². The summed E-state index contributed by atoms with van der Waals surface area (Å²) < 4.78 is 9.64. The highest BCUT2D eigenvalue weighted by molar-refractivity contribution is 5.92. The van der Waals surface area contributed by atoms with Gasteiger partial charge in [-0.3, -0.25) is 0 Å². The van der Waals surface area contributed by atoms with Crippen molar-refractivity contribution in [3.8, 4) is 5.75 Å². The summed E-state index contributed by atoms with van der Waals surface area (Å²) in [4.78, 5) is 22.1. The van der Waals surface area contributed by atoms with Crippen molar-refractivity contribution in [2.75, 3.05) is 12.8 Å². The van der Waals surface area contributed by atoms with Crippen LogP contribution in [0, 0.1) is 0 Å². The van der Waals surface area contributed by atoms with E-state index < -0.39 is 18.0 Å². The van der Waals surface area contributed by atoms with Crippen molar-refractivity contribution in [2.45, 2.75) is 13.0 Å². The topological polar surface area (TPSA) is 98.9 Å². The number of hydrogen-bond donors (Lipinski definition) is 2. The van der Waals surface area contributed by atoms with Gasteiger partial charge in [-0.25, -0.2) is 9.59 Å². The highest BCUT2D eigenvalue weighted by Crippen LogP contribution is 2.19. The maximum atomic E-state index is 11.6. The number of nitrogen functional groups attached to an aromatic ring is 1. The zero-order valence-electron chi connectivity index (χ0n) is 9.47. The Bertz CT molecular complexity index is 443. The first kappa shape index (κ1) is 12.8. The van der Waals surface area contributed by atoms with Crippen molar-refractivity contribution in [2.24, 2.45) is 0 Å². The summed E-state index contributed by atoms with van der Waals surface area (Å²) in [6.45, 7) is 1.27. The lowest BCUT2D eigenvalue weighted by molar-refractivity contribution is -0.146. The Hall–Kier alpha value is -2.24. The number of anilines is 1.